The molecule has 55 heavy (non-hydrogen) atoms. The fourth-order valence-electron chi connectivity index (χ4n) is 8.00. The number of hydrogen-bond acceptors (Lipinski definition) is 12. The van der Waals surface area contributed by atoms with Crippen LogP contribution in [0.1, 0.15) is 61.3 Å². The summed E-state index contributed by atoms with van der Waals surface area (Å²) in [4.78, 5) is 85.6. The maximum Gasteiger partial charge on any atom is 0.352 e. The number of anilines is 2. The summed E-state index contributed by atoms with van der Waals surface area (Å²) in [6, 6.07) is 10.1. The molecule has 0 radical (unpaired) electrons. The predicted molar refractivity (Wildman–Crippen MR) is 205 cm³/mol. The van der Waals surface area contributed by atoms with Gasteiger partial charge in [-0.3, -0.25) is 29.1 Å². The van der Waals surface area contributed by atoms with Gasteiger partial charge in [-0.15, -0.1) is 23.1 Å². The van der Waals surface area contributed by atoms with E-state index >= 15 is 0 Å². The number of carboxylic acids is 1. The number of amides is 4. The Kier molecular flexibility index (Phi) is 10.1. The molecule has 2 aromatic heterocycles. The number of aromatic nitrogens is 2. The van der Waals surface area contributed by atoms with Crippen molar-refractivity contribution >= 4 is 69.2 Å². The van der Waals surface area contributed by atoms with Gasteiger partial charge in [-0.2, -0.15) is 0 Å². The molecule has 1 unspecified atom stereocenters. The number of benzene rings is 1. The standard InChI is InChI=1S/C38H38N8O7S2/c39-38-42-26(19-55-38)30(44-53-22-6-2-3-7-22)34(49)43-31-35(50)46-32(37(51)52)25(18-54-36(31)46)29(23-11-15-41-33(23)48)24(20-9-13-40-14-10-20)17-28(47)45-16-12-21-5-1-4-8-27(21)45/h1,4-5,8-10,13-14,19,22,24,31,36H,2-3,6-7,11-12,15-18H2,(H2,39,42)(H,41,48)(H,43,49)(H,51,52)/t24?,31-,36-/m1/s1. The number of carbonyl (C=O) groups excluding carboxylic acids is 4. The maximum absolute atomic E-state index is 14.2. The smallest absolute Gasteiger partial charge is 0.352 e. The molecule has 17 heteroatoms. The largest absolute Gasteiger partial charge is 0.477 e. The molecule has 3 aromatic rings. The highest BCUT2D eigenvalue weighted by atomic mass is 32.2. The number of nitrogens with two attached hydrogens (primary N) is 1. The number of pyridine rings is 1. The number of hydrogen-bond donors (Lipinski definition) is 4. The van der Waals surface area contributed by atoms with Gasteiger partial charge >= 0.3 is 5.97 Å². The Labute approximate surface area is 324 Å². The molecular weight excluding hydrogens is 745 g/mol. The van der Waals surface area contributed by atoms with E-state index in [4.69, 9.17) is 10.6 Å². The second-order valence-corrected chi connectivity index (χ2v) is 15.9. The lowest BCUT2D eigenvalue weighted by Crippen LogP contribution is -2.71. The number of fused-ring (bicyclic) bond motifs is 2. The van der Waals surface area contributed by atoms with E-state index in [2.05, 4.69) is 25.8 Å². The van der Waals surface area contributed by atoms with E-state index in [-0.39, 0.29) is 57.9 Å². The highest BCUT2D eigenvalue weighted by Crippen LogP contribution is 2.47. The van der Waals surface area contributed by atoms with E-state index in [9.17, 15) is 29.1 Å². The number of nitrogen functional groups attached to an aromatic ring is 1. The van der Waals surface area contributed by atoms with Gasteiger partial charge in [-0.05, 0) is 79.0 Å². The van der Waals surface area contributed by atoms with Crippen molar-refractivity contribution in [3.05, 3.63) is 93.4 Å². The molecule has 0 spiro atoms. The average Bonchev–Trinajstić information content (AvgIpc) is 4.03. The van der Waals surface area contributed by atoms with Gasteiger partial charge in [0.25, 0.3) is 11.8 Å². The van der Waals surface area contributed by atoms with Crippen LogP contribution >= 0.6 is 23.1 Å². The number of aliphatic carboxylic acids is 1. The van der Waals surface area contributed by atoms with Crippen molar-refractivity contribution in [2.24, 2.45) is 5.16 Å². The Morgan fingerprint density at radius 2 is 1.89 bits per heavy atom. The van der Waals surface area contributed by atoms with Gasteiger partial charge in [0, 0.05) is 60.2 Å². The molecule has 4 aliphatic heterocycles. The SMILES string of the molecule is Nc1nc(C(=NOC2CCCC2)C(=O)N[C@@H]2C(=O)N3C(C(=O)O)=C(C(=C4CCNC4=O)C(CC(=O)N4CCc5ccccc54)c4ccncc4)CS[C@H]23)cs1. The van der Waals surface area contributed by atoms with E-state index in [1.807, 2.05) is 24.3 Å². The lowest BCUT2D eigenvalue weighted by atomic mass is 9.80. The Balaban J connectivity index is 1.13. The quantitative estimate of drug-likeness (QED) is 0.0962. The molecule has 3 atom stereocenters. The molecule has 1 aromatic carbocycles. The third-order valence-electron chi connectivity index (χ3n) is 10.6. The van der Waals surface area contributed by atoms with Gasteiger partial charge in [0.15, 0.2) is 10.8 Å². The lowest BCUT2D eigenvalue weighted by molar-refractivity contribution is -0.150. The molecule has 3 fully saturated rings. The van der Waals surface area contributed by atoms with E-state index in [0.29, 0.717) is 42.6 Å². The van der Waals surface area contributed by atoms with Crippen molar-refractivity contribution in [2.75, 3.05) is 29.5 Å². The lowest BCUT2D eigenvalue weighted by Gasteiger charge is -2.50. The number of thioether (sulfide) groups is 1. The summed E-state index contributed by atoms with van der Waals surface area (Å²) in [5.74, 6) is -3.90. The number of carbonyl (C=O) groups is 5. The molecule has 1 aliphatic carbocycles. The summed E-state index contributed by atoms with van der Waals surface area (Å²) in [7, 11) is 0. The molecule has 8 rings (SSSR count). The summed E-state index contributed by atoms with van der Waals surface area (Å²) >= 11 is 2.40. The molecule has 2 saturated heterocycles. The summed E-state index contributed by atoms with van der Waals surface area (Å²) in [5.41, 5.74) is 9.25. The first-order valence-electron chi connectivity index (χ1n) is 18.2. The van der Waals surface area contributed by atoms with Crippen LogP contribution in [-0.2, 0) is 35.2 Å². The second-order valence-electron chi connectivity index (χ2n) is 13.9. The van der Waals surface area contributed by atoms with Crippen LogP contribution in [-0.4, -0.2) is 91.6 Å². The van der Waals surface area contributed by atoms with E-state index in [1.54, 1.807) is 34.8 Å². The average molecular weight is 783 g/mol. The van der Waals surface area contributed by atoms with Crippen LogP contribution in [0.15, 0.2) is 81.7 Å². The normalized spacial score (nSPS) is 22.5. The van der Waals surface area contributed by atoms with Gasteiger partial charge in [-0.25, -0.2) is 9.78 Å². The van der Waals surface area contributed by atoms with E-state index in [1.165, 1.54) is 16.7 Å². The number of oxime groups is 1. The van der Waals surface area contributed by atoms with Gasteiger partial charge < -0.3 is 31.2 Å². The molecule has 284 valence electrons. The number of allylic oxidation sites excluding steroid dienone is 1. The minimum atomic E-state index is -1.37. The van der Waals surface area contributed by atoms with Gasteiger partial charge in [0.1, 0.15) is 28.9 Å². The molecule has 5 aliphatic rings. The first kappa shape index (κ1) is 36.4. The topological polar surface area (TPSA) is 210 Å². The molecule has 15 nitrogen and oxygen atoms in total. The van der Waals surface area contributed by atoms with Gasteiger partial charge in [0.2, 0.25) is 11.8 Å². The molecule has 6 heterocycles. The van der Waals surface area contributed by atoms with Crippen molar-refractivity contribution in [3.8, 4) is 0 Å². The van der Waals surface area contributed by atoms with Crippen molar-refractivity contribution in [3.63, 3.8) is 0 Å². The number of rotatable bonds is 11. The molecular formula is C38H38N8O7S2. The van der Waals surface area contributed by atoms with Crippen LogP contribution in [0.2, 0.25) is 0 Å². The van der Waals surface area contributed by atoms with Crippen molar-refractivity contribution in [2.45, 2.75) is 68.4 Å². The summed E-state index contributed by atoms with van der Waals surface area (Å²) in [6.07, 6.45) is 7.60. The predicted octanol–water partition coefficient (Wildman–Crippen LogP) is 3.10. The summed E-state index contributed by atoms with van der Waals surface area (Å²) in [5, 5.41) is 21.6. The summed E-state index contributed by atoms with van der Waals surface area (Å²) < 4.78 is 0. The Morgan fingerprint density at radius 3 is 2.60 bits per heavy atom. The van der Waals surface area contributed by atoms with Crippen LogP contribution in [0.4, 0.5) is 10.8 Å². The number of β-lactam (4-membered cyclic amide) rings is 1. The first-order chi connectivity index (χ1) is 26.7. The van der Waals surface area contributed by atoms with Gasteiger partial charge in [0.05, 0.1) is 0 Å². The molecule has 1 saturated carbocycles. The number of nitrogens with one attached hydrogen (secondary N) is 2. The zero-order chi connectivity index (χ0) is 38.2. The van der Waals surface area contributed by atoms with Crippen molar-refractivity contribution < 1.29 is 33.9 Å². The number of para-hydroxylation sites is 1. The minimum Gasteiger partial charge on any atom is -0.477 e. The minimum absolute atomic E-state index is 0.0617. The van der Waals surface area contributed by atoms with Crippen LogP contribution < -0.4 is 21.3 Å². The number of thiazole rings is 1. The number of nitrogens with zero attached hydrogens (tertiary/aromatic N) is 5. The summed E-state index contributed by atoms with van der Waals surface area (Å²) in [6.45, 7) is 0.841. The van der Waals surface area contributed by atoms with Crippen molar-refractivity contribution in [1.29, 1.82) is 0 Å². The van der Waals surface area contributed by atoms with E-state index < -0.39 is 35.1 Å². The third kappa shape index (κ3) is 6.97. The Bertz CT molecular complexity index is 2160. The van der Waals surface area contributed by atoms with E-state index in [0.717, 1.165) is 48.3 Å². The first-order valence-corrected chi connectivity index (χ1v) is 20.1. The molecule has 4 amide bonds. The van der Waals surface area contributed by atoms with Crippen LogP contribution in [0.5, 0.6) is 0 Å². The maximum atomic E-state index is 14.2. The second kappa shape index (κ2) is 15.3. The number of carboxylic acid groups (broad SMARTS) is 1. The van der Waals surface area contributed by atoms with Crippen LogP contribution in [0.25, 0.3) is 0 Å². The third-order valence-corrected chi connectivity index (χ3v) is 12.6. The Morgan fingerprint density at radius 1 is 1.11 bits per heavy atom. The van der Waals surface area contributed by atoms with Crippen LogP contribution in [0.3, 0.4) is 0 Å². The fraction of sp³-hybridized carbons (Fsp3) is 0.368. The molecule has 0 bridgehead atoms. The monoisotopic (exact) mass is 782 g/mol. The fourth-order valence-corrected chi connectivity index (χ4v) is 9.91. The highest BCUT2D eigenvalue weighted by Gasteiger charge is 2.55. The molecule has 5 N–H and O–H groups in total. The zero-order valence-electron chi connectivity index (χ0n) is 29.6. The van der Waals surface area contributed by atoms with Crippen molar-refractivity contribution in [1.82, 2.24) is 25.5 Å². The van der Waals surface area contributed by atoms with Crippen LogP contribution in [0, 0.1) is 0 Å². The Hall–Kier alpha value is -5.55. The van der Waals surface area contributed by atoms with Gasteiger partial charge in [-0.1, -0.05) is 23.4 Å². The zero-order valence-corrected chi connectivity index (χ0v) is 31.2. The highest BCUT2D eigenvalue weighted by molar-refractivity contribution is 8.00.